The number of carbonyl (C=O) groups excluding carboxylic acids is 2. The van der Waals surface area contributed by atoms with Gasteiger partial charge in [0.15, 0.2) is 16.3 Å². The quantitative estimate of drug-likeness (QED) is 0.174. The van der Waals surface area contributed by atoms with E-state index in [9.17, 15) is 14.4 Å². The molecule has 1 atom stereocenters. The third kappa shape index (κ3) is 5.84. The normalized spacial score (nSPS) is 14.5. The van der Waals surface area contributed by atoms with Crippen molar-refractivity contribution < 1.29 is 23.8 Å². The molecule has 5 aromatic rings. The predicted octanol–water partition coefficient (Wildman–Crippen LogP) is 4.96. The molecule has 0 bridgehead atoms. The summed E-state index contributed by atoms with van der Waals surface area (Å²) < 4.78 is 20.5. The molecule has 232 valence electrons. The Morgan fingerprint density at radius 3 is 2.41 bits per heavy atom. The summed E-state index contributed by atoms with van der Waals surface area (Å²) in [6, 6.07) is 21.5. The van der Waals surface area contributed by atoms with Crippen LogP contribution >= 0.6 is 27.3 Å². The van der Waals surface area contributed by atoms with E-state index < -0.39 is 18.0 Å². The molecule has 6 rings (SSSR count). The van der Waals surface area contributed by atoms with Crippen molar-refractivity contribution in [3.05, 3.63) is 126 Å². The fraction of sp³-hybridized carbons (Fsp3) is 0.147. The second kappa shape index (κ2) is 12.7. The van der Waals surface area contributed by atoms with Crippen LogP contribution in [0, 0.1) is 0 Å². The van der Waals surface area contributed by atoms with Gasteiger partial charge in [0.25, 0.3) is 5.56 Å². The largest absolute Gasteiger partial charge is 0.493 e. The Morgan fingerprint density at radius 2 is 1.74 bits per heavy atom. The van der Waals surface area contributed by atoms with Crippen LogP contribution in [0.4, 0.5) is 0 Å². The van der Waals surface area contributed by atoms with Gasteiger partial charge >= 0.3 is 11.9 Å². The minimum atomic E-state index is -0.885. The Hall–Kier alpha value is -5.07. The van der Waals surface area contributed by atoms with Crippen molar-refractivity contribution in [3.8, 4) is 28.4 Å². The number of allylic oxidation sites excluding steroid dienone is 1. The van der Waals surface area contributed by atoms with Crippen molar-refractivity contribution in [2.24, 2.45) is 4.99 Å². The van der Waals surface area contributed by atoms with Crippen molar-refractivity contribution in [1.29, 1.82) is 0 Å². The average Bonchev–Trinajstić information content (AvgIpc) is 3.61. The fourth-order valence-electron chi connectivity index (χ4n) is 5.28. The molecule has 1 unspecified atom stereocenters. The molecular formula is C34H27BrN4O6S. The van der Waals surface area contributed by atoms with Crippen LogP contribution in [0.5, 0.6) is 11.5 Å². The number of benzene rings is 3. The van der Waals surface area contributed by atoms with E-state index in [0.717, 1.165) is 21.3 Å². The summed E-state index contributed by atoms with van der Waals surface area (Å²) in [5.41, 5.74) is 3.98. The highest BCUT2D eigenvalue weighted by molar-refractivity contribution is 9.10. The highest BCUT2D eigenvalue weighted by atomic mass is 79.9. The number of hydrogen-bond acceptors (Lipinski definition) is 9. The second-order valence-corrected chi connectivity index (χ2v) is 12.2. The first-order valence-electron chi connectivity index (χ1n) is 14.1. The van der Waals surface area contributed by atoms with E-state index in [1.165, 1.54) is 37.0 Å². The summed E-state index contributed by atoms with van der Waals surface area (Å²) in [5, 5.41) is 4.88. The molecule has 12 heteroatoms. The number of nitrogens with zero attached hydrogens (tertiary/aromatic N) is 4. The number of thiazole rings is 1. The van der Waals surface area contributed by atoms with Crippen molar-refractivity contribution in [3.63, 3.8) is 0 Å². The number of hydrogen-bond donors (Lipinski definition) is 0. The third-order valence-electron chi connectivity index (χ3n) is 7.35. The van der Waals surface area contributed by atoms with Crippen molar-refractivity contribution in [2.75, 3.05) is 14.2 Å². The summed E-state index contributed by atoms with van der Waals surface area (Å²) >= 11 is 4.70. The molecule has 2 aromatic heterocycles. The zero-order valence-corrected chi connectivity index (χ0v) is 27.6. The SMILES string of the molecule is COC(=O)C1=C(C)N=c2s/c(=C/c3cn(-c4ccccc4)nc3-c3ccc(Br)cc3)c(=O)n2C1c1ccc(OC(C)=O)c(OC)c1. The van der Waals surface area contributed by atoms with Crippen LogP contribution in [0.15, 0.2) is 105 Å². The Labute approximate surface area is 275 Å². The van der Waals surface area contributed by atoms with Crippen molar-refractivity contribution in [2.45, 2.75) is 19.9 Å². The van der Waals surface area contributed by atoms with Gasteiger partial charge in [0.1, 0.15) is 0 Å². The number of methoxy groups -OCH3 is 2. The van der Waals surface area contributed by atoms with E-state index in [4.69, 9.17) is 19.3 Å². The molecule has 0 spiro atoms. The second-order valence-electron chi connectivity index (χ2n) is 10.3. The van der Waals surface area contributed by atoms with Gasteiger partial charge < -0.3 is 14.2 Å². The Kier molecular flexibility index (Phi) is 8.57. The van der Waals surface area contributed by atoms with E-state index in [2.05, 4.69) is 20.9 Å². The fourth-order valence-corrected chi connectivity index (χ4v) is 6.58. The standard InChI is InChI=1S/C34H27BrN4O6S/c1-19-29(33(42)44-4)31(22-12-15-26(45-20(2)40)27(16-22)43-3)39-32(41)28(46-34(39)36-19)17-23-18-38(25-8-6-5-7-9-25)37-30(23)21-10-13-24(35)14-11-21/h5-18,31H,1-4H3/b28-17+. The average molecular weight is 700 g/mol. The number of para-hydroxylation sites is 1. The topological polar surface area (TPSA) is 114 Å². The molecular weight excluding hydrogens is 672 g/mol. The maximum Gasteiger partial charge on any atom is 0.338 e. The van der Waals surface area contributed by atoms with E-state index in [1.54, 1.807) is 35.9 Å². The number of carbonyl (C=O) groups is 2. The lowest BCUT2D eigenvalue weighted by Gasteiger charge is -2.25. The van der Waals surface area contributed by atoms with E-state index in [-0.39, 0.29) is 22.6 Å². The Balaban J connectivity index is 1.56. The first kappa shape index (κ1) is 30.9. The highest BCUT2D eigenvalue weighted by Gasteiger charge is 2.34. The Bertz CT molecular complexity index is 2200. The summed E-state index contributed by atoms with van der Waals surface area (Å²) in [7, 11) is 2.72. The molecule has 0 saturated carbocycles. The molecule has 3 heterocycles. The van der Waals surface area contributed by atoms with Crippen LogP contribution in [-0.4, -0.2) is 40.5 Å². The van der Waals surface area contributed by atoms with Crippen LogP contribution in [0.25, 0.3) is 23.0 Å². The summed E-state index contributed by atoms with van der Waals surface area (Å²) in [5.74, 6) is -0.656. The lowest BCUT2D eigenvalue weighted by molar-refractivity contribution is -0.136. The molecule has 0 saturated heterocycles. The Morgan fingerprint density at radius 1 is 1.00 bits per heavy atom. The van der Waals surface area contributed by atoms with Crippen LogP contribution in [0.1, 0.15) is 31.0 Å². The smallest absolute Gasteiger partial charge is 0.338 e. The van der Waals surface area contributed by atoms with Gasteiger partial charge in [-0.3, -0.25) is 14.2 Å². The van der Waals surface area contributed by atoms with Gasteiger partial charge in [-0.15, -0.1) is 0 Å². The van der Waals surface area contributed by atoms with E-state index >= 15 is 0 Å². The van der Waals surface area contributed by atoms with E-state index in [0.29, 0.717) is 26.3 Å². The first-order chi connectivity index (χ1) is 22.2. The lowest BCUT2D eigenvalue weighted by atomic mass is 9.95. The van der Waals surface area contributed by atoms with Gasteiger partial charge in [0.2, 0.25) is 0 Å². The highest BCUT2D eigenvalue weighted by Crippen LogP contribution is 2.36. The van der Waals surface area contributed by atoms with Crippen molar-refractivity contribution in [1.82, 2.24) is 14.3 Å². The molecule has 10 nitrogen and oxygen atoms in total. The first-order valence-corrected chi connectivity index (χ1v) is 15.7. The molecule has 0 radical (unpaired) electrons. The molecule has 0 aliphatic carbocycles. The maximum absolute atomic E-state index is 14.3. The minimum absolute atomic E-state index is 0.205. The van der Waals surface area contributed by atoms with Gasteiger partial charge in [0.05, 0.1) is 47.4 Å². The summed E-state index contributed by atoms with van der Waals surface area (Å²) in [6.45, 7) is 2.99. The van der Waals surface area contributed by atoms with Crippen LogP contribution in [-0.2, 0) is 14.3 Å². The van der Waals surface area contributed by atoms with Gasteiger partial charge in [0, 0.05) is 28.7 Å². The zero-order chi connectivity index (χ0) is 32.5. The lowest BCUT2D eigenvalue weighted by Crippen LogP contribution is -2.39. The number of rotatable bonds is 7. The van der Waals surface area contributed by atoms with Crippen molar-refractivity contribution >= 4 is 45.3 Å². The predicted molar refractivity (Wildman–Crippen MR) is 177 cm³/mol. The van der Waals surface area contributed by atoms with Gasteiger partial charge in [-0.1, -0.05) is 63.7 Å². The maximum atomic E-state index is 14.3. The molecule has 1 aliphatic heterocycles. The van der Waals surface area contributed by atoms with Gasteiger partial charge in [-0.05, 0) is 55.0 Å². The molecule has 1 aliphatic rings. The molecule has 3 aromatic carbocycles. The number of halogens is 1. The molecule has 0 fully saturated rings. The number of fused-ring (bicyclic) bond motifs is 1. The number of esters is 2. The van der Waals surface area contributed by atoms with Gasteiger partial charge in [-0.25, -0.2) is 14.5 Å². The summed E-state index contributed by atoms with van der Waals surface area (Å²) in [4.78, 5) is 44.1. The number of ether oxygens (including phenoxy) is 3. The zero-order valence-electron chi connectivity index (χ0n) is 25.2. The molecule has 46 heavy (non-hydrogen) atoms. The summed E-state index contributed by atoms with van der Waals surface area (Å²) in [6.07, 6.45) is 3.68. The monoisotopic (exact) mass is 698 g/mol. The third-order valence-corrected chi connectivity index (χ3v) is 8.86. The van der Waals surface area contributed by atoms with E-state index in [1.807, 2.05) is 60.8 Å². The number of aromatic nitrogens is 3. The molecule has 0 N–H and O–H groups in total. The van der Waals surface area contributed by atoms with Crippen LogP contribution < -0.4 is 24.4 Å². The molecule has 0 amide bonds. The van der Waals surface area contributed by atoms with Crippen LogP contribution in [0.3, 0.4) is 0 Å². The van der Waals surface area contributed by atoms with Gasteiger partial charge in [-0.2, -0.15) is 5.10 Å². The minimum Gasteiger partial charge on any atom is -0.493 e. The van der Waals surface area contributed by atoms with Crippen LogP contribution in [0.2, 0.25) is 0 Å².